The van der Waals surface area contributed by atoms with Crippen molar-refractivity contribution in [2.45, 2.75) is 17.7 Å². The molecule has 0 amide bonds. The maximum atomic E-state index is 12.2. The lowest BCUT2D eigenvalue weighted by molar-refractivity contribution is 0.425. The Hall–Kier alpha value is -1.89. The van der Waals surface area contributed by atoms with E-state index in [1.54, 1.807) is 12.1 Å². The lowest BCUT2D eigenvalue weighted by atomic mass is 10.4. The number of nitriles is 2. The van der Waals surface area contributed by atoms with E-state index < -0.39 is 10.0 Å². The summed E-state index contributed by atoms with van der Waals surface area (Å²) in [7, 11) is -3.67. The van der Waals surface area contributed by atoms with Gasteiger partial charge in [-0.3, -0.25) is 0 Å². The standard InChI is InChI=1S/C12H12N3O2S/c13-8-4-10-15(11-5-9-14)18(16,17)12-6-2-1-3-7-12/h1-3,6H,4-5,10-11H2. The van der Waals surface area contributed by atoms with Gasteiger partial charge in [0.1, 0.15) is 0 Å². The van der Waals surface area contributed by atoms with Gasteiger partial charge in [-0.15, -0.1) is 0 Å². The molecule has 93 valence electrons. The van der Waals surface area contributed by atoms with Crippen molar-refractivity contribution in [1.29, 1.82) is 10.5 Å². The normalized spacial score (nSPS) is 10.8. The Morgan fingerprint density at radius 3 is 2.22 bits per heavy atom. The van der Waals surface area contributed by atoms with Gasteiger partial charge in [0.05, 0.1) is 17.0 Å². The summed E-state index contributed by atoms with van der Waals surface area (Å²) in [5.41, 5.74) is 0. The molecule has 0 bridgehead atoms. The summed E-state index contributed by atoms with van der Waals surface area (Å²) < 4.78 is 25.6. The smallest absolute Gasteiger partial charge is 0.207 e. The Bertz CT molecular complexity index is 537. The number of rotatable bonds is 6. The van der Waals surface area contributed by atoms with Gasteiger partial charge in [-0.25, -0.2) is 8.42 Å². The van der Waals surface area contributed by atoms with Gasteiger partial charge in [-0.2, -0.15) is 14.8 Å². The summed E-state index contributed by atoms with van der Waals surface area (Å²) in [6.07, 6.45) is 0.189. The number of benzene rings is 1. The van der Waals surface area contributed by atoms with Crippen LogP contribution in [0, 0.1) is 28.7 Å². The van der Waals surface area contributed by atoms with E-state index in [0.29, 0.717) is 0 Å². The first-order valence-electron chi connectivity index (χ1n) is 5.33. The van der Waals surface area contributed by atoms with E-state index in [9.17, 15) is 8.42 Å². The zero-order valence-corrected chi connectivity index (χ0v) is 10.5. The largest absolute Gasteiger partial charge is 0.243 e. The molecule has 0 atom stereocenters. The van der Waals surface area contributed by atoms with Crippen LogP contribution >= 0.6 is 0 Å². The fraction of sp³-hybridized carbons (Fsp3) is 0.333. The van der Waals surface area contributed by atoms with Crippen molar-refractivity contribution in [3.8, 4) is 12.1 Å². The van der Waals surface area contributed by atoms with Crippen LogP contribution in [0.3, 0.4) is 0 Å². The van der Waals surface area contributed by atoms with E-state index in [2.05, 4.69) is 6.07 Å². The molecule has 5 nitrogen and oxygen atoms in total. The van der Waals surface area contributed by atoms with Crippen LogP contribution in [-0.2, 0) is 10.0 Å². The summed E-state index contributed by atoms with van der Waals surface area (Å²) >= 11 is 0. The monoisotopic (exact) mass is 262 g/mol. The summed E-state index contributed by atoms with van der Waals surface area (Å²) in [6.45, 7) is 0.173. The Kier molecular flexibility index (Phi) is 5.31. The Morgan fingerprint density at radius 1 is 1.17 bits per heavy atom. The highest BCUT2D eigenvalue weighted by Gasteiger charge is 2.23. The molecule has 0 unspecified atom stereocenters. The van der Waals surface area contributed by atoms with Crippen molar-refractivity contribution in [2.75, 3.05) is 13.1 Å². The highest BCUT2D eigenvalue weighted by atomic mass is 32.2. The van der Waals surface area contributed by atoms with Gasteiger partial charge in [-0.1, -0.05) is 18.2 Å². The zero-order valence-electron chi connectivity index (χ0n) is 9.70. The zero-order chi connectivity index (χ0) is 13.4. The molecule has 6 heteroatoms. The van der Waals surface area contributed by atoms with E-state index in [1.807, 2.05) is 12.1 Å². The van der Waals surface area contributed by atoms with Gasteiger partial charge < -0.3 is 0 Å². The predicted molar refractivity (Wildman–Crippen MR) is 64.5 cm³/mol. The van der Waals surface area contributed by atoms with Crippen molar-refractivity contribution in [2.24, 2.45) is 0 Å². The molecule has 0 aliphatic heterocycles. The summed E-state index contributed by atoms with van der Waals surface area (Å²) in [5, 5.41) is 17.1. The molecular formula is C12H12N3O2S. The van der Waals surface area contributed by atoms with Crippen LogP contribution in [0.1, 0.15) is 12.8 Å². The second-order valence-corrected chi connectivity index (χ2v) is 5.35. The van der Waals surface area contributed by atoms with Crippen LogP contribution in [0.25, 0.3) is 0 Å². The fourth-order valence-corrected chi connectivity index (χ4v) is 2.79. The average molecular weight is 262 g/mol. The highest BCUT2D eigenvalue weighted by Crippen LogP contribution is 2.15. The molecule has 1 radical (unpaired) electrons. The van der Waals surface area contributed by atoms with Crippen LogP contribution in [0.2, 0.25) is 0 Å². The highest BCUT2D eigenvalue weighted by molar-refractivity contribution is 7.89. The second kappa shape index (κ2) is 6.75. The van der Waals surface area contributed by atoms with Crippen LogP contribution in [0.5, 0.6) is 0 Å². The fourth-order valence-electron chi connectivity index (χ4n) is 1.38. The second-order valence-electron chi connectivity index (χ2n) is 3.45. The van der Waals surface area contributed by atoms with Crippen molar-refractivity contribution in [3.05, 3.63) is 30.3 Å². The third-order valence-electron chi connectivity index (χ3n) is 2.24. The van der Waals surface area contributed by atoms with E-state index in [1.165, 1.54) is 12.1 Å². The molecule has 18 heavy (non-hydrogen) atoms. The number of hydrogen-bond donors (Lipinski definition) is 0. The lowest BCUT2D eigenvalue weighted by Gasteiger charge is -2.19. The molecule has 0 aliphatic rings. The Labute approximate surface area is 107 Å². The minimum absolute atomic E-state index is 0.0564. The van der Waals surface area contributed by atoms with Crippen LogP contribution < -0.4 is 0 Å². The van der Waals surface area contributed by atoms with Crippen molar-refractivity contribution < 1.29 is 8.42 Å². The van der Waals surface area contributed by atoms with Crippen LogP contribution in [-0.4, -0.2) is 25.8 Å². The van der Waals surface area contributed by atoms with Crippen molar-refractivity contribution in [3.63, 3.8) is 0 Å². The summed E-state index contributed by atoms with van der Waals surface area (Å²) in [4.78, 5) is 0.0564. The van der Waals surface area contributed by atoms with E-state index in [0.717, 1.165) is 4.31 Å². The molecule has 1 aromatic rings. The van der Waals surface area contributed by atoms with Gasteiger partial charge >= 0.3 is 0 Å². The third-order valence-corrected chi connectivity index (χ3v) is 4.10. The van der Waals surface area contributed by atoms with Gasteiger partial charge in [0, 0.05) is 32.0 Å². The molecule has 0 saturated carbocycles. The summed E-state index contributed by atoms with van der Waals surface area (Å²) in [6, 6.07) is 12.7. The SMILES string of the molecule is N#CCCN(CCC#N)S(=O)(=O)c1[c]cccc1. The molecule has 0 saturated heterocycles. The maximum Gasteiger partial charge on any atom is 0.243 e. The topological polar surface area (TPSA) is 85.0 Å². The van der Waals surface area contributed by atoms with E-state index in [4.69, 9.17) is 10.5 Å². The molecule has 0 fully saturated rings. The molecule has 1 aromatic carbocycles. The molecule has 0 aromatic heterocycles. The Balaban J connectivity index is 2.97. The first-order valence-corrected chi connectivity index (χ1v) is 6.77. The Morgan fingerprint density at radius 2 is 1.78 bits per heavy atom. The number of sulfonamides is 1. The molecule has 0 spiro atoms. The average Bonchev–Trinajstić information content (AvgIpc) is 2.39. The number of nitrogens with zero attached hydrogens (tertiary/aromatic N) is 3. The first-order chi connectivity index (χ1) is 8.62. The number of hydrogen-bond acceptors (Lipinski definition) is 4. The first kappa shape index (κ1) is 14.2. The van der Waals surface area contributed by atoms with Gasteiger partial charge in [0.25, 0.3) is 0 Å². The van der Waals surface area contributed by atoms with Crippen LogP contribution in [0.15, 0.2) is 29.2 Å². The van der Waals surface area contributed by atoms with Crippen molar-refractivity contribution in [1.82, 2.24) is 4.31 Å². The third kappa shape index (κ3) is 3.56. The van der Waals surface area contributed by atoms with Crippen molar-refractivity contribution >= 4 is 10.0 Å². The quantitative estimate of drug-likeness (QED) is 0.773. The maximum absolute atomic E-state index is 12.2. The molecule has 0 N–H and O–H groups in total. The van der Waals surface area contributed by atoms with Gasteiger partial charge in [0.15, 0.2) is 0 Å². The molecule has 1 rings (SSSR count). The van der Waals surface area contributed by atoms with Crippen LogP contribution in [0.4, 0.5) is 0 Å². The molecule has 0 aliphatic carbocycles. The van der Waals surface area contributed by atoms with E-state index in [-0.39, 0.29) is 30.8 Å². The summed E-state index contributed by atoms with van der Waals surface area (Å²) in [5.74, 6) is 0. The minimum Gasteiger partial charge on any atom is -0.207 e. The van der Waals surface area contributed by atoms with E-state index >= 15 is 0 Å². The molecular weight excluding hydrogens is 250 g/mol. The predicted octanol–water partition coefficient (Wildman–Crippen LogP) is 1.30. The minimum atomic E-state index is -3.67. The van der Waals surface area contributed by atoms with Gasteiger partial charge in [0.2, 0.25) is 10.0 Å². The van der Waals surface area contributed by atoms with Gasteiger partial charge in [-0.05, 0) is 6.07 Å². The lowest BCUT2D eigenvalue weighted by Crippen LogP contribution is -2.32. The molecule has 0 heterocycles.